The van der Waals surface area contributed by atoms with Crippen molar-refractivity contribution in [2.45, 2.75) is 6.92 Å². The Labute approximate surface area is 139 Å². The summed E-state index contributed by atoms with van der Waals surface area (Å²) in [5, 5.41) is 0. The predicted molar refractivity (Wildman–Crippen MR) is 97.5 cm³/mol. The molecule has 0 fully saturated rings. The van der Waals surface area contributed by atoms with Crippen LogP contribution in [0.1, 0.15) is 5.56 Å². The highest BCUT2D eigenvalue weighted by Crippen LogP contribution is 2.20. The van der Waals surface area contributed by atoms with E-state index in [-0.39, 0.29) is 5.56 Å². The van der Waals surface area contributed by atoms with E-state index in [1.165, 1.54) is 0 Å². The van der Waals surface area contributed by atoms with E-state index in [2.05, 4.69) is 4.98 Å². The molecule has 0 bridgehead atoms. The van der Waals surface area contributed by atoms with Crippen molar-refractivity contribution in [1.29, 1.82) is 0 Å². The fourth-order valence-electron chi connectivity index (χ4n) is 2.86. The summed E-state index contributed by atoms with van der Waals surface area (Å²) in [6.45, 7) is 2.03. The Morgan fingerprint density at radius 2 is 1.46 bits per heavy atom. The monoisotopic (exact) mass is 312 g/mol. The minimum absolute atomic E-state index is 0.108. The first-order valence-electron chi connectivity index (χ1n) is 7.88. The minimum atomic E-state index is -0.108. The number of aromatic nitrogens is 2. The number of aryl methyl sites for hydroxylation is 1. The zero-order valence-corrected chi connectivity index (χ0v) is 13.3. The molecule has 0 saturated carbocycles. The molecule has 0 amide bonds. The highest BCUT2D eigenvalue weighted by molar-refractivity contribution is 5.79. The van der Waals surface area contributed by atoms with Gasteiger partial charge in [0.15, 0.2) is 0 Å². The molecule has 0 atom stereocenters. The second-order valence-corrected chi connectivity index (χ2v) is 5.79. The van der Waals surface area contributed by atoms with Gasteiger partial charge in [0, 0.05) is 11.3 Å². The lowest BCUT2D eigenvalue weighted by Gasteiger charge is -2.12. The molecule has 116 valence electrons. The number of hydrogen-bond donors (Lipinski definition) is 0. The Hall–Kier alpha value is -3.20. The third-order valence-corrected chi connectivity index (χ3v) is 4.10. The quantitative estimate of drug-likeness (QED) is 0.551. The van der Waals surface area contributed by atoms with Crippen molar-refractivity contribution in [3.05, 3.63) is 94.8 Å². The molecule has 0 radical (unpaired) electrons. The van der Waals surface area contributed by atoms with Crippen molar-refractivity contribution in [2.24, 2.45) is 0 Å². The molecule has 0 spiro atoms. The number of fused-ring (bicyclic) bond motifs is 1. The highest BCUT2D eigenvalue weighted by atomic mass is 16.1. The molecular weight excluding hydrogens is 296 g/mol. The van der Waals surface area contributed by atoms with Crippen LogP contribution < -0.4 is 5.56 Å². The molecular formula is C21H16N2O. The van der Waals surface area contributed by atoms with Gasteiger partial charge in [0.2, 0.25) is 0 Å². The van der Waals surface area contributed by atoms with Crippen LogP contribution in [0.3, 0.4) is 0 Å². The van der Waals surface area contributed by atoms with Gasteiger partial charge in [-0.3, -0.25) is 9.36 Å². The van der Waals surface area contributed by atoms with Crippen molar-refractivity contribution in [3.8, 4) is 16.9 Å². The molecule has 0 unspecified atom stereocenters. The van der Waals surface area contributed by atoms with E-state index < -0.39 is 0 Å². The molecule has 4 aromatic rings. The van der Waals surface area contributed by atoms with Gasteiger partial charge in [-0.05, 0) is 31.2 Å². The lowest BCUT2D eigenvalue weighted by molar-refractivity contribution is 1.02. The van der Waals surface area contributed by atoms with Gasteiger partial charge >= 0.3 is 0 Å². The third kappa shape index (κ3) is 2.40. The van der Waals surface area contributed by atoms with E-state index in [1.807, 2.05) is 85.8 Å². The maximum absolute atomic E-state index is 13.2. The van der Waals surface area contributed by atoms with Gasteiger partial charge in [0.25, 0.3) is 5.56 Å². The van der Waals surface area contributed by atoms with Crippen LogP contribution in [0.5, 0.6) is 0 Å². The Morgan fingerprint density at radius 3 is 2.21 bits per heavy atom. The van der Waals surface area contributed by atoms with Crippen LogP contribution in [0.25, 0.3) is 28.0 Å². The standard InChI is InChI=1S/C21H16N2O/c1-15-11-13-16(14-12-15)20-21(24)23(17-7-3-2-4-8-17)19-10-6-5-9-18(19)22-20/h2-14H,1H3. The predicted octanol–water partition coefficient (Wildman–Crippen LogP) is 4.36. The first kappa shape index (κ1) is 14.4. The van der Waals surface area contributed by atoms with Gasteiger partial charge in [-0.15, -0.1) is 0 Å². The van der Waals surface area contributed by atoms with Crippen LogP contribution in [-0.2, 0) is 0 Å². The van der Waals surface area contributed by atoms with Gasteiger partial charge < -0.3 is 0 Å². The van der Waals surface area contributed by atoms with Crippen LogP contribution in [-0.4, -0.2) is 9.55 Å². The molecule has 3 nitrogen and oxygen atoms in total. The van der Waals surface area contributed by atoms with Crippen LogP contribution in [0.15, 0.2) is 83.7 Å². The summed E-state index contributed by atoms with van der Waals surface area (Å²) in [5.74, 6) is 0. The second-order valence-electron chi connectivity index (χ2n) is 5.79. The van der Waals surface area contributed by atoms with Crippen LogP contribution in [0.4, 0.5) is 0 Å². The molecule has 3 heteroatoms. The van der Waals surface area contributed by atoms with E-state index >= 15 is 0 Å². The SMILES string of the molecule is Cc1ccc(-c2nc3ccccc3n(-c3ccccc3)c2=O)cc1. The maximum atomic E-state index is 13.2. The summed E-state index contributed by atoms with van der Waals surface area (Å²) < 4.78 is 1.73. The lowest BCUT2D eigenvalue weighted by Crippen LogP contribution is -2.22. The maximum Gasteiger partial charge on any atom is 0.282 e. The van der Waals surface area contributed by atoms with Crippen molar-refractivity contribution < 1.29 is 0 Å². The Kier molecular flexibility index (Phi) is 3.47. The molecule has 0 saturated heterocycles. The summed E-state index contributed by atoms with van der Waals surface area (Å²) in [4.78, 5) is 17.8. The third-order valence-electron chi connectivity index (χ3n) is 4.10. The molecule has 0 aliphatic rings. The minimum Gasteiger partial charge on any atom is -0.273 e. The van der Waals surface area contributed by atoms with E-state index in [9.17, 15) is 4.79 Å². The molecule has 0 aliphatic carbocycles. The van der Waals surface area contributed by atoms with Gasteiger partial charge in [0.05, 0.1) is 11.0 Å². The summed E-state index contributed by atoms with van der Waals surface area (Å²) in [6, 6.07) is 25.3. The molecule has 1 aromatic heterocycles. The van der Waals surface area contributed by atoms with Crippen LogP contribution in [0.2, 0.25) is 0 Å². The van der Waals surface area contributed by atoms with Gasteiger partial charge in [-0.25, -0.2) is 4.98 Å². The van der Waals surface area contributed by atoms with E-state index in [0.717, 1.165) is 27.8 Å². The molecule has 1 heterocycles. The summed E-state index contributed by atoms with van der Waals surface area (Å²) in [6.07, 6.45) is 0. The number of benzene rings is 3. The average molecular weight is 312 g/mol. The van der Waals surface area contributed by atoms with Crippen molar-refractivity contribution in [3.63, 3.8) is 0 Å². The van der Waals surface area contributed by atoms with Crippen molar-refractivity contribution >= 4 is 11.0 Å². The van der Waals surface area contributed by atoms with E-state index in [4.69, 9.17) is 0 Å². The number of hydrogen-bond acceptors (Lipinski definition) is 2. The molecule has 3 aromatic carbocycles. The second kappa shape index (κ2) is 5.78. The Morgan fingerprint density at radius 1 is 0.792 bits per heavy atom. The Balaban J connectivity index is 2.09. The topological polar surface area (TPSA) is 34.9 Å². The summed E-state index contributed by atoms with van der Waals surface area (Å²) in [7, 11) is 0. The number of rotatable bonds is 2. The normalized spacial score (nSPS) is 10.9. The molecule has 0 aliphatic heterocycles. The van der Waals surface area contributed by atoms with Crippen molar-refractivity contribution in [2.75, 3.05) is 0 Å². The number of nitrogens with zero attached hydrogens (tertiary/aromatic N) is 2. The van der Waals surface area contributed by atoms with Crippen LogP contribution in [0, 0.1) is 6.92 Å². The average Bonchev–Trinajstić information content (AvgIpc) is 2.63. The van der Waals surface area contributed by atoms with Crippen LogP contribution >= 0.6 is 0 Å². The Bertz CT molecular complexity index is 1060. The fraction of sp³-hybridized carbons (Fsp3) is 0.0476. The summed E-state index contributed by atoms with van der Waals surface area (Å²) in [5.41, 5.74) is 4.81. The molecule has 4 rings (SSSR count). The van der Waals surface area contributed by atoms with E-state index in [1.54, 1.807) is 4.57 Å². The highest BCUT2D eigenvalue weighted by Gasteiger charge is 2.13. The molecule has 24 heavy (non-hydrogen) atoms. The lowest BCUT2D eigenvalue weighted by atomic mass is 10.1. The first-order chi connectivity index (χ1) is 11.7. The molecule has 0 N–H and O–H groups in total. The zero-order valence-electron chi connectivity index (χ0n) is 13.3. The smallest absolute Gasteiger partial charge is 0.273 e. The largest absolute Gasteiger partial charge is 0.282 e. The van der Waals surface area contributed by atoms with Crippen molar-refractivity contribution in [1.82, 2.24) is 9.55 Å². The number of para-hydroxylation sites is 3. The summed E-state index contributed by atoms with van der Waals surface area (Å²) >= 11 is 0. The van der Waals surface area contributed by atoms with Gasteiger partial charge in [0.1, 0.15) is 5.69 Å². The van der Waals surface area contributed by atoms with Gasteiger partial charge in [-0.2, -0.15) is 0 Å². The fourth-order valence-corrected chi connectivity index (χ4v) is 2.86. The van der Waals surface area contributed by atoms with Gasteiger partial charge in [-0.1, -0.05) is 60.2 Å². The van der Waals surface area contributed by atoms with E-state index in [0.29, 0.717) is 5.69 Å². The first-order valence-corrected chi connectivity index (χ1v) is 7.88. The zero-order chi connectivity index (χ0) is 16.5.